The second-order valence-corrected chi connectivity index (χ2v) is 4.19. The maximum absolute atomic E-state index is 11.0. The highest BCUT2D eigenvalue weighted by molar-refractivity contribution is 5.92. The third-order valence-corrected chi connectivity index (χ3v) is 2.79. The zero-order valence-corrected chi connectivity index (χ0v) is 10.3. The molecular formula is C14H16N2O2. The summed E-state index contributed by atoms with van der Waals surface area (Å²) in [5.74, 6) is 0.528. The summed E-state index contributed by atoms with van der Waals surface area (Å²) < 4.78 is 5.33. The average Bonchev–Trinajstić information content (AvgIpc) is 2.76. The highest BCUT2D eigenvalue weighted by atomic mass is 16.3. The summed E-state index contributed by atoms with van der Waals surface area (Å²) in [6.45, 7) is 3.34. The number of carbonyl (C=O) groups is 1. The lowest BCUT2D eigenvalue weighted by Gasteiger charge is -2.05. The number of nitrogens with one attached hydrogen (secondary N) is 1. The van der Waals surface area contributed by atoms with Crippen LogP contribution in [0.5, 0.6) is 0 Å². The zero-order chi connectivity index (χ0) is 13.0. The van der Waals surface area contributed by atoms with Crippen LogP contribution in [0.4, 0.5) is 0 Å². The summed E-state index contributed by atoms with van der Waals surface area (Å²) >= 11 is 0. The van der Waals surface area contributed by atoms with Gasteiger partial charge >= 0.3 is 0 Å². The molecule has 0 aliphatic rings. The van der Waals surface area contributed by atoms with E-state index in [1.807, 2.05) is 25.1 Å². The first kappa shape index (κ1) is 12.4. The highest BCUT2D eigenvalue weighted by Crippen LogP contribution is 2.09. The molecule has 0 fully saturated rings. The van der Waals surface area contributed by atoms with Crippen molar-refractivity contribution in [3.63, 3.8) is 0 Å². The Bertz CT molecular complexity index is 546. The Labute approximate surface area is 106 Å². The molecule has 4 nitrogen and oxygen atoms in total. The highest BCUT2D eigenvalue weighted by Gasteiger charge is 2.03. The summed E-state index contributed by atoms with van der Waals surface area (Å²) in [6, 6.07) is 9.22. The van der Waals surface area contributed by atoms with E-state index in [1.54, 1.807) is 18.4 Å². The quantitative estimate of drug-likeness (QED) is 0.845. The first-order chi connectivity index (χ1) is 8.66. The van der Waals surface area contributed by atoms with Gasteiger partial charge in [-0.15, -0.1) is 0 Å². The van der Waals surface area contributed by atoms with Crippen molar-refractivity contribution in [2.24, 2.45) is 5.73 Å². The van der Waals surface area contributed by atoms with Gasteiger partial charge in [-0.3, -0.25) is 4.79 Å². The normalized spacial score (nSPS) is 10.5. The largest absolute Gasteiger partial charge is 0.468 e. The van der Waals surface area contributed by atoms with Crippen molar-refractivity contribution < 1.29 is 9.21 Å². The van der Waals surface area contributed by atoms with Gasteiger partial charge < -0.3 is 15.5 Å². The Morgan fingerprint density at radius 1 is 1.33 bits per heavy atom. The topological polar surface area (TPSA) is 68.3 Å². The van der Waals surface area contributed by atoms with E-state index in [-0.39, 0.29) is 0 Å². The predicted molar refractivity (Wildman–Crippen MR) is 68.9 cm³/mol. The third-order valence-electron chi connectivity index (χ3n) is 2.79. The molecule has 0 aliphatic carbocycles. The first-order valence-electron chi connectivity index (χ1n) is 5.79. The molecule has 2 rings (SSSR count). The molecule has 0 saturated carbocycles. The van der Waals surface area contributed by atoms with E-state index in [1.165, 1.54) is 0 Å². The van der Waals surface area contributed by atoms with Gasteiger partial charge in [-0.2, -0.15) is 0 Å². The number of nitrogens with two attached hydrogens (primary N) is 1. The van der Waals surface area contributed by atoms with Crippen molar-refractivity contribution in [1.29, 1.82) is 0 Å². The lowest BCUT2D eigenvalue weighted by atomic mass is 10.1. The maximum Gasteiger partial charge on any atom is 0.248 e. The van der Waals surface area contributed by atoms with Gasteiger partial charge in [0, 0.05) is 12.1 Å². The zero-order valence-electron chi connectivity index (χ0n) is 10.3. The summed E-state index contributed by atoms with van der Waals surface area (Å²) in [5.41, 5.74) is 7.92. The molecular weight excluding hydrogens is 228 g/mol. The van der Waals surface area contributed by atoms with Crippen molar-refractivity contribution in [3.05, 3.63) is 59.0 Å². The smallest absolute Gasteiger partial charge is 0.248 e. The van der Waals surface area contributed by atoms with Crippen molar-refractivity contribution in [1.82, 2.24) is 5.32 Å². The third kappa shape index (κ3) is 2.99. The molecule has 0 aliphatic heterocycles. The average molecular weight is 244 g/mol. The lowest BCUT2D eigenvalue weighted by Crippen LogP contribution is -2.15. The van der Waals surface area contributed by atoms with E-state index in [0.29, 0.717) is 18.7 Å². The van der Waals surface area contributed by atoms with Crippen LogP contribution in [0.3, 0.4) is 0 Å². The minimum Gasteiger partial charge on any atom is -0.468 e. The summed E-state index contributed by atoms with van der Waals surface area (Å²) in [4.78, 5) is 11.0. The molecule has 0 atom stereocenters. The Hall–Kier alpha value is -2.07. The minimum absolute atomic E-state index is 0.404. The van der Waals surface area contributed by atoms with Crippen LogP contribution in [0.15, 0.2) is 41.0 Å². The van der Waals surface area contributed by atoms with Crippen molar-refractivity contribution in [2.45, 2.75) is 20.0 Å². The van der Waals surface area contributed by atoms with E-state index in [0.717, 1.165) is 16.9 Å². The number of hydrogen-bond acceptors (Lipinski definition) is 3. The molecule has 1 heterocycles. The van der Waals surface area contributed by atoms with Crippen molar-refractivity contribution >= 4 is 5.91 Å². The Kier molecular flexibility index (Phi) is 3.79. The molecule has 0 bridgehead atoms. The minimum atomic E-state index is -0.404. The molecule has 0 radical (unpaired) electrons. The predicted octanol–water partition coefficient (Wildman–Crippen LogP) is 1.98. The molecule has 1 aromatic carbocycles. The fraction of sp³-hybridized carbons (Fsp3) is 0.214. The second kappa shape index (κ2) is 5.51. The fourth-order valence-electron chi connectivity index (χ4n) is 1.74. The number of furan rings is 1. The van der Waals surface area contributed by atoms with Gasteiger partial charge in [0.05, 0.1) is 12.8 Å². The monoisotopic (exact) mass is 244 g/mol. The molecule has 4 heteroatoms. The van der Waals surface area contributed by atoms with Crippen LogP contribution in [-0.2, 0) is 13.1 Å². The molecule has 0 saturated heterocycles. The maximum atomic E-state index is 11.0. The molecule has 94 valence electrons. The van der Waals surface area contributed by atoms with Crippen LogP contribution >= 0.6 is 0 Å². The molecule has 1 aromatic heterocycles. The molecule has 18 heavy (non-hydrogen) atoms. The van der Waals surface area contributed by atoms with Crippen molar-refractivity contribution in [3.8, 4) is 0 Å². The van der Waals surface area contributed by atoms with Crippen molar-refractivity contribution in [2.75, 3.05) is 0 Å². The first-order valence-corrected chi connectivity index (χ1v) is 5.79. The van der Waals surface area contributed by atoms with Crippen LogP contribution < -0.4 is 11.1 Å². The number of primary amides is 1. The van der Waals surface area contributed by atoms with Gasteiger partial charge in [0.25, 0.3) is 0 Å². The summed E-state index contributed by atoms with van der Waals surface area (Å²) in [7, 11) is 0. The number of benzene rings is 1. The van der Waals surface area contributed by atoms with Crippen LogP contribution in [0, 0.1) is 6.92 Å². The van der Waals surface area contributed by atoms with Gasteiger partial charge in [-0.05, 0) is 36.2 Å². The molecule has 1 amide bonds. The number of aryl methyl sites for hydroxylation is 1. The SMILES string of the molecule is Cc1ccoc1CNCc1cccc(C(N)=O)c1. The van der Waals surface area contributed by atoms with E-state index < -0.39 is 5.91 Å². The van der Waals surface area contributed by atoms with Crippen LogP contribution in [0.25, 0.3) is 0 Å². The Morgan fingerprint density at radius 2 is 2.17 bits per heavy atom. The van der Waals surface area contributed by atoms with Crippen LogP contribution in [0.1, 0.15) is 27.2 Å². The molecule has 0 spiro atoms. The number of rotatable bonds is 5. The van der Waals surface area contributed by atoms with Gasteiger partial charge in [0.1, 0.15) is 5.76 Å². The molecule has 0 unspecified atom stereocenters. The number of carbonyl (C=O) groups excluding carboxylic acids is 1. The van der Waals surface area contributed by atoms with E-state index >= 15 is 0 Å². The molecule has 3 N–H and O–H groups in total. The lowest BCUT2D eigenvalue weighted by molar-refractivity contribution is 0.1000. The van der Waals surface area contributed by atoms with Crippen LogP contribution in [0.2, 0.25) is 0 Å². The van der Waals surface area contributed by atoms with Crippen LogP contribution in [-0.4, -0.2) is 5.91 Å². The van der Waals surface area contributed by atoms with E-state index in [2.05, 4.69) is 5.32 Å². The van der Waals surface area contributed by atoms with E-state index in [9.17, 15) is 4.79 Å². The Morgan fingerprint density at radius 3 is 2.83 bits per heavy atom. The molecule has 2 aromatic rings. The van der Waals surface area contributed by atoms with Gasteiger partial charge in [-0.1, -0.05) is 12.1 Å². The second-order valence-electron chi connectivity index (χ2n) is 4.19. The summed E-state index contributed by atoms with van der Waals surface area (Å²) in [5, 5.41) is 3.27. The van der Waals surface area contributed by atoms with Gasteiger partial charge in [0.2, 0.25) is 5.91 Å². The number of hydrogen-bond donors (Lipinski definition) is 2. The standard InChI is InChI=1S/C14H16N2O2/c1-10-5-6-18-13(10)9-16-8-11-3-2-4-12(7-11)14(15)17/h2-7,16H,8-9H2,1H3,(H2,15,17). The Balaban J connectivity index is 1.92. The van der Waals surface area contributed by atoms with Gasteiger partial charge in [-0.25, -0.2) is 0 Å². The fourth-order valence-corrected chi connectivity index (χ4v) is 1.74. The van der Waals surface area contributed by atoms with Gasteiger partial charge in [0.15, 0.2) is 0 Å². The van der Waals surface area contributed by atoms with E-state index in [4.69, 9.17) is 10.2 Å². The summed E-state index contributed by atoms with van der Waals surface area (Å²) in [6.07, 6.45) is 1.68. The number of amides is 1.